The van der Waals surface area contributed by atoms with E-state index >= 15 is 0 Å². The van der Waals surface area contributed by atoms with Crippen LogP contribution in [0.15, 0.2) is 71.9 Å². The van der Waals surface area contributed by atoms with Crippen molar-refractivity contribution in [2.45, 2.75) is 35.2 Å². The number of hydrogen-bond donors (Lipinski definition) is 3. The molecule has 8 nitrogen and oxygen atoms in total. The Balaban J connectivity index is 1.24. The molecule has 0 radical (unpaired) electrons. The van der Waals surface area contributed by atoms with Crippen LogP contribution in [0.3, 0.4) is 0 Å². The summed E-state index contributed by atoms with van der Waals surface area (Å²) in [5.41, 5.74) is 2.35. The summed E-state index contributed by atoms with van der Waals surface area (Å²) in [5, 5.41) is 9.88. The number of ether oxygens (including phenoxy) is 1. The minimum absolute atomic E-state index is 0.0613. The molecular formula is C26H25N5O3S. The highest BCUT2D eigenvalue weighted by Crippen LogP contribution is 2.50. The molecule has 3 atom stereocenters. The summed E-state index contributed by atoms with van der Waals surface area (Å²) in [5.74, 6) is 1.37. The molecular weight excluding hydrogens is 462 g/mol. The second-order valence-corrected chi connectivity index (χ2v) is 9.94. The lowest BCUT2D eigenvalue weighted by Crippen LogP contribution is -2.52. The maximum absolute atomic E-state index is 13.3. The Kier molecular flexibility index (Phi) is 5.79. The number of benzene rings is 2. The summed E-state index contributed by atoms with van der Waals surface area (Å²) < 4.78 is 5.88. The number of urea groups is 1. The van der Waals surface area contributed by atoms with Crippen LogP contribution in [0, 0.1) is 0 Å². The smallest absolute Gasteiger partial charge is 0.327 e. The first-order chi connectivity index (χ1) is 17.2. The number of amides is 3. The predicted octanol–water partition coefficient (Wildman–Crippen LogP) is 4.12. The summed E-state index contributed by atoms with van der Waals surface area (Å²) in [6.07, 6.45) is 3.70. The van der Waals surface area contributed by atoms with Gasteiger partial charge in [0, 0.05) is 24.3 Å². The lowest BCUT2D eigenvalue weighted by molar-refractivity contribution is -0.121. The fourth-order valence-electron chi connectivity index (χ4n) is 4.83. The summed E-state index contributed by atoms with van der Waals surface area (Å²) >= 11 is 1.42. The quantitative estimate of drug-likeness (QED) is 0.501. The number of piperidine rings is 1. The van der Waals surface area contributed by atoms with Crippen molar-refractivity contribution in [3.05, 3.63) is 72.4 Å². The highest BCUT2D eigenvalue weighted by molar-refractivity contribution is 8.01. The maximum atomic E-state index is 13.3. The number of carbonyl (C=O) groups excluding carboxylic acids is 2. The van der Waals surface area contributed by atoms with Crippen LogP contribution >= 0.6 is 11.8 Å². The molecule has 3 N–H and O–H groups in total. The number of rotatable bonds is 5. The number of hydrogen-bond acceptors (Lipinski definition) is 6. The van der Waals surface area contributed by atoms with Crippen molar-refractivity contribution in [1.29, 1.82) is 0 Å². The Hall–Kier alpha value is -3.56. The molecule has 0 bridgehead atoms. The van der Waals surface area contributed by atoms with Crippen LogP contribution in [0.5, 0.6) is 11.5 Å². The molecule has 4 heterocycles. The monoisotopic (exact) mass is 487 g/mol. The largest absolute Gasteiger partial charge is 0.457 e. The number of thioether (sulfide) groups is 1. The van der Waals surface area contributed by atoms with Crippen LogP contribution in [0.4, 0.5) is 16.2 Å². The molecule has 3 aliphatic rings. The van der Waals surface area contributed by atoms with Crippen molar-refractivity contribution in [3.8, 4) is 11.5 Å². The van der Waals surface area contributed by atoms with Gasteiger partial charge in [-0.05, 0) is 61.9 Å². The molecule has 35 heavy (non-hydrogen) atoms. The van der Waals surface area contributed by atoms with E-state index in [0.29, 0.717) is 11.4 Å². The molecule has 0 spiro atoms. The van der Waals surface area contributed by atoms with E-state index in [2.05, 4.69) is 20.9 Å². The first-order valence-corrected chi connectivity index (χ1v) is 12.7. The first-order valence-electron chi connectivity index (χ1n) is 11.8. The van der Waals surface area contributed by atoms with Crippen LogP contribution in [0.2, 0.25) is 0 Å². The van der Waals surface area contributed by atoms with Gasteiger partial charge in [0.15, 0.2) is 0 Å². The van der Waals surface area contributed by atoms with Gasteiger partial charge in [0.25, 0.3) is 0 Å². The van der Waals surface area contributed by atoms with Gasteiger partial charge in [-0.25, -0.2) is 9.78 Å². The van der Waals surface area contributed by atoms with Crippen LogP contribution in [-0.2, 0) is 4.79 Å². The molecule has 1 saturated heterocycles. The molecule has 3 amide bonds. The predicted molar refractivity (Wildman–Crippen MR) is 134 cm³/mol. The minimum atomic E-state index is -0.451. The molecule has 9 heteroatoms. The van der Waals surface area contributed by atoms with Crippen molar-refractivity contribution in [3.63, 3.8) is 0 Å². The molecule has 6 rings (SSSR count). The third-order valence-electron chi connectivity index (χ3n) is 6.48. The van der Waals surface area contributed by atoms with E-state index < -0.39 is 11.3 Å². The number of nitrogens with one attached hydrogen (secondary N) is 3. The van der Waals surface area contributed by atoms with E-state index in [4.69, 9.17) is 4.74 Å². The second kappa shape index (κ2) is 9.24. The van der Waals surface area contributed by atoms with Crippen molar-refractivity contribution < 1.29 is 14.3 Å². The SMILES string of the molecule is O=C(NC1CCCNC1)[C@@H]1Sc2nccc3c2C1NC(=O)N3c1ccc(Oc2ccccc2)cc1. The Morgan fingerprint density at radius 2 is 1.89 bits per heavy atom. The van der Waals surface area contributed by atoms with E-state index in [9.17, 15) is 9.59 Å². The topological polar surface area (TPSA) is 95.6 Å². The zero-order valence-corrected chi connectivity index (χ0v) is 19.8. The lowest BCUT2D eigenvalue weighted by Gasteiger charge is -2.34. The van der Waals surface area contributed by atoms with E-state index in [1.807, 2.05) is 60.7 Å². The van der Waals surface area contributed by atoms with E-state index in [1.54, 1.807) is 11.1 Å². The van der Waals surface area contributed by atoms with Crippen molar-refractivity contribution in [2.75, 3.05) is 18.0 Å². The Morgan fingerprint density at radius 3 is 2.66 bits per heavy atom. The molecule has 2 unspecified atom stereocenters. The molecule has 178 valence electrons. The fraction of sp³-hybridized carbons (Fsp3) is 0.269. The number of aromatic nitrogens is 1. The van der Waals surface area contributed by atoms with Crippen molar-refractivity contribution in [1.82, 2.24) is 20.9 Å². The molecule has 0 saturated carbocycles. The summed E-state index contributed by atoms with van der Waals surface area (Å²) in [4.78, 5) is 32.6. The van der Waals surface area contributed by atoms with Gasteiger partial charge in [0.1, 0.15) is 21.8 Å². The highest BCUT2D eigenvalue weighted by atomic mass is 32.2. The molecule has 1 fully saturated rings. The maximum Gasteiger partial charge on any atom is 0.327 e. The fourth-order valence-corrected chi connectivity index (χ4v) is 6.06. The minimum Gasteiger partial charge on any atom is -0.457 e. The average molecular weight is 488 g/mol. The summed E-state index contributed by atoms with van der Waals surface area (Å²) in [6, 6.07) is 18.2. The molecule has 1 aromatic heterocycles. The third kappa shape index (κ3) is 4.21. The van der Waals surface area contributed by atoms with Gasteiger partial charge in [-0.2, -0.15) is 0 Å². The normalized spacial score (nSPS) is 22.8. The van der Waals surface area contributed by atoms with Gasteiger partial charge in [-0.15, -0.1) is 0 Å². The van der Waals surface area contributed by atoms with Crippen LogP contribution in [0.1, 0.15) is 24.4 Å². The number of nitrogens with zero attached hydrogens (tertiary/aromatic N) is 2. The second-order valence-electron chi connectivity index (χ2n) is 8.81. The van der Waals surface area contributed by atoms with Crippen LogP contribution in [0.25, 0.3) is 0 Å². The number of pyridine rings is 1. The number of carbonyl (C=O) groups is 2. The lowest BCUT2D eigenvalue weighted by atomic mass is 9.99. The highest BCUT2D eigenvalue weighted by Gasteiger charge is 2.46. The Bertz CT molecular complexity index is 1250. The molecule has 3 aliphatic heterocycles. The van der Waals surface area contributed by atoms with E-state index in [0.717, 1.165) is 48.0 Å². The van der Waals surface area contributed by atoms with E-state index in [-0.39, 0.29) is 18.0 Å². The standard InChI is InChI=1S/C26H25N5O3S/c32-24(29-16-5-4-13-27-15-16)23-22-21-20(12-14-28-25(21)35-23)31(26(33)30-22)17-8-10-19(11-9-17)34-18-6-2-1-3-7-18/h1-3,6-12,14,16,22-23,27H,4-5,13,15H2,(H,29,32)(H,30,33)/t16?,22?,23-/m1/s1. The molecule has 3 aromatic rings. The number of anilines is 2. The van der Waals surface area contributed by atoms with E-state index in [1.165, 1.54) is 11.8 Å². The Labute approximate surface area is 207 Å². The zero-order chi connectivity index (χ0) is 23.8. The van der Waals surface area contributed by atoms with Gasteiger partial charge in [-0.3, -0.25) is 9.69 Å². The Morgan fingerprint density at radius 1 is 1.09 bits per heavy atom. The summed E-state index contributed by atoms with van der Waals surface area (Å²) in [7, 11) is 0. The van der Waals surface area contributed by atoms with Gasteiger partial charge < -0.3 is 20.7 Å². The van der Waals surface area contributed by atoms with Crippen LogP contribution in [-0.4, -0.2) is 41.3 Å². The van der Waals surface area contributed by atoms with Crippen molar-refractivity contribution >= 4 is 35.1 Å². The number of para-hydroxylation sites is 1. The summed E-state index contributed by atoms with van der Waals surface area (Å²) in [6.45, 7) is 1.76. The van der Waals surface area contributed by atoms with Crippen LogP contribution < -0.4 is 25.6 Å². The molecule has 0 aliphatic carbocycles. The van der Waals surface area contributed by atoms with Gasteiger partial charge >= 0.3 is 6.03 Å². The third-order valence-corrected chi connectivity index (χ3v) is 7.77. The average Bonchev–Trinajstić information content (AvgIpc) is 3.26. The molecule has 2 aromatic carbocycles. The van der Waals surface area contributed by atoms with Gasteiger partial charge in [0.2, 0.25) is 5.91 Å². The van der Waals surface area contributed by atoms with Crippen molar-refractivity contribution in [2.24, 2.45) is 0 Å². The van der Waals surface area contributed by atoms with Gasteiger partial charge in [-0.1, -0.05) is 30.0 Å². The van der Waals surface area contributed by atoms with Gasteiger partial charge in [0.05, 0.1) is 17.4 Å². The first kappa shape index (κ1) is 21.9. The zero-order valence-electron chi connectivity index (χ0n) is 18.9.